The van der Waals surface area contributed by atoms with Crippen LogP contribution in [0.3, 0.4) is 0 Å². The molecule has 1 aromatic carbocycles. The predicted octanol–water partition coefficient (Wildman–Crippen LogP) is 6.62. The van der Waals surface area contributed by atoms with Crippen LogP contribution in [0.1, 0.15) is 75.8 Å². The van der Waals surface area contributed by atoms with Crippen molar-refractivity contribution in [3.05, 3.63) is 42.3 Å². The van der Waals surface area contributed by atoms with E-state index >= 15 is 0 Å². The summed E-state index contributed by atoms with van der Waals surface area (Å²) >= 11 is 0. The van der Waals surface area contributed by atoms with Crippen molar-refractivity contribution >= 4 is 0 Å². The minimum atomic E-state index is 0. The topological polar surface area (TPSA) is 0 Å². The number of rotatable bonds is 5. The fraction of sp³-hybridized carbons (Fsp3) is 0.696. The molecule has 0 N–H and O–H groups in total. The van der Waals surface area contributed by atoms with Crippen molar-refractivity contribution in [2.24, 2.45) is 23.7 Å². The molecule has 0 saturated heterocycles. The van der Waals surface area contributed by atoms with Crippen LogP contribution in [0.5, 0.6) is 0 Å². The molecular weight excluding hydrogens is 454 g/mol. The maximum absolute atomic E-state index is 4.22. The Balaban J connectivity index is 0.00000156. The Bertz CT molecular complexity index is 451. The van der Waals surface area contributed by atoms with Gasteiger partial charge in [0.25, 0.3) is 0 Å². The molecule has 2 aliphatic rings. The number of hydrogen-bond donors (Lipinski definition) is 0. The zero-order valence-electron chi connectivity index (χ0n) is 16.3. The van der Waals surface area contributed by atoms with Crippen LogP contribution in [0.15, 0.2) is 24.3 Å². The summed E-state index contributed by atoms with van der Waals surface area (Å²) in [5.41, 5.74) is 3.12. The van der Waals surface area contributed by atoms with Crippen LogP contribution in [-0.2, 0) is 78.3 Å². The predicted molar refractivity (Wildman–Crippen MR) is 100 cm³/mol. The van der Waals surface area contributed by atoms with Gasteiger partial charge < -0.3 is 6.92 Å². The quantitative estimate of drug-likeness (QED) is 0.408. The van der Waals surface area contributed by atoms with E-state index in [1.807, 2.05) is 0 Å². The van der Waals surface area contributed by atoms with Crippen molar-refractivity contribution in [2.75, 3.05) is 0 Å². The molecule has 1 aromatic rings. The third kappa shape index (κ3) is 8.13. The van der Waals surface area contributed by atoms with Gasteiger partial charge in [0.1, 0.15) is 0 Å². The maximum atomic E-state index is 4.22. The molecule has 0 nitrogen and oxygen atoms in total. The molecule has 0 spiro atoms. The summed E-state index contributed by atoms with van der Waals surface area (Å²) in [5.74, 6) is 3.58. The van der Waals surface area contributed by atoms with Crippen LogP contribution in [0.4, 0.5) is 0 Å². The van der Waals surface area contributed by atoms with E-state index in [4.69, 9.17) is 0 Å². The maximum Gasteiger partial charge on any atom is 0 e. The van der Waals surface area contributed by atoms with Crippen LogP contribution in [0.25, 0.3) is 0 Å². The average molecular weight is 489 g/mol. The van der Waals surface area contributed by atoms with Gasteiger partial charge in [-0.3, -0.25) is 0 Å². The zero-order valence-corrected chi connectivity index (χ0v) is 21.9. The van der Waals surface area contributed by atoms with Crippen molar-refractivity contribution in [3.63, 3.8) is 0 Å². The Kier molecular flexibility index (Phi) is 12.5. The van der Waals surface area contributed by atoms with Gasteiger partial charge in [0.2, 0.25) is 0 Å². The van der Waals surface area contributed by atoms with E-state index in [-0.39, 0.29) is 65.4 Å². The Morgan fingerprint density at radius 1 is 0.680 bits per heavy atom. The molecule has 2 heteroatoms. The fourth-order valence-electron chi connectivity index (χ4n) is 4.76. The third-order valence-electron chi connectivity index (χ3n) is 6.58. The summed E-state index contributed by atoms with van der Waals surface area (Å²) < 4.78 is 0. The van der Waals surface area contributed by atoms with Crippen molar-refractivity contribution in [3.8, 4) is 0 Å². The van der Waals surface area contributed by atoms with Crippen LogP contribution < -0.4 is 0 Å². The molecule has 0 aromatic heterocycles. The summed E-state index contributed by atoms with van der Waals surface area (Å²) in [6.07, 6.45) is 15.3. The molecule has 134 valence electrons. The van der Waals surface area contributed by atoms with Crippen molar-refractivity contribution in [1.29, 1.82) is 0 Å². The van der Waals surface area contributed by atoms with Gasteiger partial charge in [-0.25, -0.2) is 0 Å². The van der Waals surface area contributed by atoms with Crippen LogP contribution in [0.2, 0.25) is 0 Å². The van der Waals surface area contributed by atoms with E-state index in [2.05, 4.69) is 38.1 Å². The second-order valence-corrected chi connectivity index (χ2v) is 8.41. The summed E-state index contributed by atoms with van der Waals surface area (Å²) in [6, 6.07) is 9.63. The first kappa shape index (κ1) is 24.5. The standard InChI is InChI=1S/C23H35.2Y/c1-3-19-8-10-21(11-9-19)17-23-14-12-22(13-15-23)16-20-6-4-18(2)5-7-20;;/h12-15,18-21H,2-11,16-17H2,1H3;;/q-1;;. The molecule has 2 saturated carbocycles. The Hall–Kier alpha value is 1.43. The van der Waals surface area contributed by atoms with Crippen molar-refractivity contribution in [2.45, 2.75) is 77.6 Å². The molecule has 2 fully saturated rings. The van der Waals surface area contributed by atoms with E-state index in [1.165, 1.54) is 70.6 Å². The Morgan fingerprint density at radius 3 is 1.44 bits per heavy atom. The first-order chi connectivity index (χ1) is 11.2. The molecule has 25 heavy (non-hydrogen) atoms. The van der Waals surface area contributed by atoms with E-state index in [0.29, 0.717) is 0 Å². The van der Waals surface area contributed by atoms with E-state index in [1.54, 1.807) is 11.1 Å². The van der Waals surface area contributed by atoms with E-state index in [0.717, 1.165) is 23.7 Å². The molecule has 0 amide bonds. The van der Waals surface area contributed by atoms with Gasteiger partial charge in [-0.2, -0.15) is 5.92 Å². The normalized spacial score (nSPS) is 29.4. The molecule has 0 heterocycles. The SMILES string of the molecule is [CH2-]C1CCC(Cc2ccc(CC3CCC(CC)CC3)cc2)CC1.[Y].[Y]. The first-order valence-corrected chi connectivity index (χ1v) is 10.1. The van der Waals surface area contributed by atoms with Crippen LogP contribution in [0, 0.1) is 30.6 Å². The summed E-state index contributed by atoms with van der Waals surface area (Å²) in [5, 5.41) is 0. The van der Waals surface area contributed by atoms with Gasteiger partial charge in [-0.15, -0.1) is 0 Å². The molecule has 0 unspecified atom stereocenters. The molecule has 0 atom stereocenters. The van der Waals surface area contributed by atoms with Gasteiger partial charge >= 0.3 is 0 Å². The first-order valence-electron chi connectivity index (χ1n) is 10.1. The molecule has 0 bridgehead atoms. The monoisotopic (exact) mass is 489 g/mol. The zero-order chi connectivity index (χ0) is 16.1. The Labute approximate surface area is 206 Å². The summed E-state index contributed by atoms with van der Waals surface area (Å²) in [4.78, 5) is 0. The minimum Gasteiger partial charge on any atom is -0.340 e. The molecular formula is C23H35Y2-. The summed E-state index contributed by atoms with van der Waals surface area (Å²) in [7, 11) is 0. The van der Waals surface area contributed by atoms with Gasteiger partial charge in [-0.1, -0.05) is 76.1 Å². The van der Waals surface area contributed by atoms with Crippen LogP contribution in [-0.4, -0.2) is 0 Å². The smallest absolute Gasteiger partial charge is 0 e. The van der Waals surface area contributed by atoms with Gasteiger partial charge in [0.15, 0.2) is 0 Å². The van der Waals surface area contributed by atoms with E-state index in [9.17, 15) is 0 Å². The number of benzene rings is 1. The summed E-state index contributed by atoms with van der Waals surface area (Å²) in [6.45, 7) is 6.57. The molecule has 2 radical (unpaired) electrons. The third-order valence-corrected chi connectivity index (χ3v) is 6.58. The molecule has 2 aliphatic carbocycles. The average Bonchev–Trinajstić information content (AvgIpc) is 2.59. The second kappa shape index (κ2) is 12.8. The molecule has 3 rings (SSSR count). The van der Waals surface area contributed by atoms with Crippen molar-refractivity contribution in [1.82, 2.24) is 0 Å². The second-order valence-electron chi connectivity index (χ2n) is 8.41. The van der Waals surface area contributed by atoms with Gasteiger partial charge in [-0.05, 0) is 54.6 Å². The fourth-order valence-corrected chi connectivity index (χ4v) is 4.76. The van der Waals surface area contributed by atoms with Gasteiger partial charge in [0.05, 0.1) is 0 Å². The van der Waals surface area contributed by atoms with Crippen molar-refractivity contribution < 1.29 is 65.4 Å². The number of hydrogen-bond acceptors (Lipinski definition) is 0. The molecule has 0 aliphatic heterocycles. The Morgan fingerprint density at radius 2 is 1.04 bits per heavy atom. The van der Waals surface area contributed by atoms with Crippen LogP contribution >= 0.6 is 0 Å². The largest absolute Gasteiger partial charge is 0.340 e. The van der Waals surface area contributed by atoms with Gasteiger partial charge in [0, 0.05) is 65.4 Å². The van der Waals surface area contributed by atoms with E-state index < -0.39 is 0 Å². The minimum absolute atomic E-state index is 0.